The van der Waals surface area contributed by atoms with E-state index in [9.17, 15) is 4.79 Å². The van der Waals surface area contributed by atoms with E-state index in [0.29, 0.717) is 25.4 Å². The largest absolute Gasteiger partial charge is 0.473 e. The smallest absolute Gasteiger partial charge is 0.237 e. The molecule has 0 radical (unpaired) electrons. The molecule has 2 aliphatic heterocycles. The van der Waals surface area contributed by atoms with Crippen LogP contribution in [0.3, 0.4) is 0 Å². The zero-order valence-corrected chi connectivity index (χ0v) is 15.8. The average molecular weight is 377 g/mol. The van der Waals surface area contributed by atoms with Crippen LogP contribution in [0, 0.1) is 0 Å². The summed E-state index contributed by atoms with van der Waals surface area (Å²) in [5, 5.41) is 12.1. The number of hydrogen-bond donors (Lipinski definition) is 2. The predicted octanol–water partition coefficient (Wildman–Crippen LogP) is 1.81. The highest BCUT2D eigenvalue weighted by atomic mass is 16.5. The van der Waals surface area contributed by atoms with Crippen LogP contribution in [-0.2, 0) is 18.3 Å². The second-order valence-electron chi connectivity index (χ2n) is 7.46. The molecule has 0 spiro atoms. The summed E-state index contributed by atoms with van der Waals surface area (Å²) in [7, 11) is 1.97. The summed E-state index contributed by atoms with van der Waals surface area (Å²) in [5.41, 5.74) is 4.05. The van der Waals surface area contributed by atoms with Gasteiger partial charge in [0.1, 0.15) is 6.10 Å². The highest BCUT2D eigenvalue weighted by molar-refractivity contribution is 5.96. The summed E-state index contributed by atoms with van der Waals surface area (Å²) in [5.74, 6) is 0.626. The molecule has 7 heteroatoms. The van der Waals surface area contributed by atoms with E-state index in [4.69, 9.17) is 9.72 Å². The van der Waals surface area contributed by atoms with Crippen molar-refractivity contribution in [1.82, 2.24) is 25.4 Å². The topological polar surface area (TPSA) is 81.1 Å². The summed E-state index contributed by atoms with van der Waals surface area (Å²) in [6, 6.07) is 11.8. The van der Waals surface area contributed by atoms with Crippen molar-refractivity contribution >= 4 is 16.8 Å². The first-order valence-corrected chi connectivity index (χ1v) is 9.79. The van der Waals surface area contributed by atoms with Crippen molar-refractivity contribution in [2.24, 2.45) is 7.05 Å². The summed E-state index contributed by atoms with van der Waals surface area (Å²) in [6.07, 6.45) is 2.28. The quantitative estimate of drug-likeness (QED) is 0.625. The van der Waals surface area contributed by atoms with Gasteiger partial charge in [-0.1, -0.05) is 18.2 Å². The van der Waals surface area contributed by atoms with Gasteiger partial charge in [-0.3, -0.25) is 9.48 Å². The fourth-order valence-corrected chi connectivity index (χ4v) is 4.20. The Kier molecular flexibility index (Phi) is 4.24. The maximum Gasteiger partial charge on any atom is 0.237 e. The van der Waals surface area contributed by atoms with Crippen molar-refractivity contribution < 1.29 is 9.53 Å². The minimum atomic E-state index is -0.209. The molecule has 144 valence electrons. The van der Waals surface area contributed by atoms with Crippen LogP contribution in [0.4, 0.5) is 0 Å². The maximum atomic E-state index is 12.4. The molecule has 2 aliphatic rings. The fraction of sp³-hybridized carbons (Fsp3) is 0.381. The van der Waals surface area contributed by atoms with Crippen LogP contribution in [0.15, 0.2) is 36.4 Å². The first kappa shape index (κ1) is 17.2. The van der Waals surface area contributed by atoms with Crippen molar-refractivity contribution in [3.63, 3.8) is 0 Å². The number of fused-ring (bicyclic) bond motifs is 5. The van der Waals surface area contributed by atoms with E-state index in [-0.39, 0.29) is 18.1 Å². The van der Waals surface area contributed by atoms with E-state index >= 15 is 0 Å². The number of carbonyl (C=O) groups excluding carboxylic acids is 1. The standard InChI is InChI=1S/C21H23N5O2/c1-26-18-8-4-10-22-21(27)17-11-13(12-23-17)28-19-9-3-6-15(24-19)14-5-2-7-16(25-26)20(14)18/h2-3,5-7,9,13,17,23H,4,8,10-12H2,1H3,(H,22,27)/t13-,17-/m0/s1. The van der Waals surface area contributed by atoms with E-state index in [1.54, 1.807) is 0 Å². The maximum absolute atomic E-state index is 12.4. The Bertz CT molecular complexity index is 1040. The molecule has 0 saturated carbocycles. The lowest BCUT2D eigenvalue weighted by molar-refractivity contribution is -0.122. The summed E-state index contributed by atoms with van der Waals surface area (Å²) in [6.45, 7) is 1.29. The molecule has 1 fully saturated rings. The number of nitrogens with zero attached hydrogens (tertiary/aromatic N) is 3. The van der Waals surface area contributed by atoms with E-state index in [1.165, 1.54) is 0 Å². The molecule has 1 amide bonds. The highest BCUT2D eigenvalue weighted by Gasteiger charge is 2.31. The molecule has 0 aliphatic carbocycles. The Hall–Kier alpha value is -2.93. The molecule has 4 bridgehead atoms. The minimum Gasteiger partial charge on any atom is -0.473 e. The predicted molar refractivity (Wildman–Crippen MR) is 106 cm³/mol. The van der Waals surface area contributed by atoms with Crippen molar-refractivity contribution in [1.29, 1.82) is 0 Å². The third kappa shape index (κ3) is 3.01. The lowest BCUT2D eigenvalue weighted by Gasteiger charge is -2.13. The van der Waals surface area contributed by atoms with Gasteiger partial charge in [0.25, 0.3) is 0 Å². The molecule has 4 heterocycles. The average Bonchev–Trinajstić information content (AvgIpc) is 3.28. The number of carbonyl (C=O) groups is 1. The molecule has 2 N–H and O–H groups in total. The first-order chi connectivity index (χ1) is 13.7. The van der Waals surface area contributed by atoms with E-state index < -0.39 is 0 Å². The molecule has 28 heavy (non-hydrogen) atoms. The van der Waals surface area contributed by atoms with Gasteiger partial charge in [0.05, 0.1) is 17.3 Å². The van der Waals surface area contributed by atoms with Crippen LogP contribution in [-0.4, -0.2) is 45.9 Å². The van der Waals surface area contributed by atoms with E-state index in [1.807, 2.05) is 42.1 Å². The number of benzene rings is 1. The Morgan fingerprint density at radius 3 is 3.04 bits per heavy atom. The summed E-state index contributed by atoms with van der Waals surface area (Å²) >= 11 is 0. The van der Waals surface area contributed by atoms with Crippen LogP contribution in [0.1, 0.15) is 18.5 Å². The number of aryl methyl sites for hydroxylation is 2. The van der Waals surface area contributed by atoms with Crippen LogP contribution in [0.2, 0.25) is 0 Å². The van der Waals surface area contributed by atoms with Crippen LogP contribution < -0.4 is 15.4 Å². The third-order valence-electron chi connectivity index (χ3n) is 5.56. The normalized spacial score (nSPS) is 22.2. The number of nitrogens with one attached hydrogen (secondary N) is 2. The lowest BCUT2D eigenvalue weighted by Crippen LogP contribution is -2.40. The Morgan fingerprint density at radius 1 is 1.21 bits per heavy atom. The van der Waals surface area contributed by atoms with Gasteiger partial charge in [0.15, 0.2) is 0 Å². The van der Waals surface area contributed by atoms with Gasteiger partial charge >= 0.3 is 0 Å². The highest BCUT2D eigenvalue weighted by Crippen LogP contribution is 2.31. The molecule has 5 rings (SSSR count). The number of pyridine rings is 1. The van der Waals surface area contributed by atoms with Crippen molar-refractivity contribution in [3.05, 3.63) is 42.1 Å². The van der Waals surface area contributed by atoms with E-state index in [0.717, 1.165) is 40.7 Å². The van der Waals surface area contributed by atoms with Gasteiger partial charge in [-0.15, -0.1) is 0 Å². The Labute approximate surface area is 163 Å². The monoisotopic (exact) mass is 377 g/mol. The second kappa shape index (κ2) is 6.91. The number of aromatic nitrogens is 3. The van der Waals surface area contributed by atoms with Crippen LogP contribution in [0.5, 0.6) is 5.88 Å². The zero-order valence-electron chi connectivity index (χ0n) is 15.8. The molecule has 1 saturated heterocycles. The molecule has 7 nitrogen and oxygen atoms in total. The van der Waals surface area contributed by atoms with Crippen molar-refractivity contribution in [2.45, 2.75) is 31.4 Å². The first-order valence-electron chi connectivity index (χ1n) is 9.79. The SMILES string of the molecule is Cn1nc2cccc3c2c1CCCNC(=O)[C@@H]1C[C@@H](CN1)Oc1cccc-3n1. The molecule has 2 aromatic heterocycles. The van der Waals surface area contributed by atoms with Crippen molar-refractivity contribution in [2.75, 3.05) is 13.1 Å². The van der Waals surface area contributed by atoms with Crippen LogP contribution >= 0.6 is 0 Å². The summed E-state index contributed by atoms with van der Waals surface area (Å²) in [4.78, 5) is 17.2. The molecule has 0 unspecified atom stereocenters. The number of hydrogen-bond acceptors (Lipinski definition) is 5. The molecular weight excluding hydrogens is 354 g/mol. The number of amides is 1. The van der Waals surface area contributed by atoms with Gasteiger partial charge in [0.2, 0.25) is 11.8 Å². The fourth-order valence-electron chi connectivity index (χ4n) is 4.20. The van der Waals surface area contributed by atoms with Gasteiger partial charge < -0.3 is 15.4 Å². The molecular formula is C21H23N5O2. The second-order valence-corrected chi connectivity index (χ2v) is 7.46. The van der Waals surface area contributed by atoms with Gasteiger partial charge in [-0.25, -0.2) is 4.98 Å². The Morgan fingerprint density at radius 2 is 2.11 bits per heavy atom. The van der Waals surface area contributed by atoms with Crippen molar-refractivity contribution in [3.8, 4) is 17.1 Å². The van der Waals surface area contributed by atoms with Gasteiger partial charge in [-0.05, 0) is 25.0 Å². The minimum absolute atomic E-state index is 0.0400. The summed E-state index contributed by atoms with van der Waals surface area (Å²) < 4.78 is 8.03. The number of rotatable bonds is 0. The zero-order chi connectivity index (χ0) is 19.1. The molecule has 2 atom stereocenters. The molecule has 3 aromatic rings. The van der Waals surface area contributed by atoms with E-state index in [2.05, 4.69) is 21.8 Å². The van der Waals surface area contributed by atoms with Gasteiger partial charge in [0, 0.05) is 49.3 Å². The Balaban J connectivity index is 1.62. The lowest BCUT2D eigenvalue weighted by atomic mass is 10.0. The third-order valence-corrected chi connectivity index (χ3v) is 5.56. The van der Waals surface area contributed by atoms with Crippen LogP contribution in [0.25, 0.3) is 22.2 Å². The number of ether oxygens (including phenoxy) is 1. The van der Waals surface area contributed by atoms with Gasteiger partial charge in [-0.2, -0.15) is 5.10 Å². The molecule has 1 aromatic carbocycles.